The molecule has 0 aromatic heterocycles. The van der Waals surface area contributed by atoms with E-state index in [9.17, 15) is 18.0 Å². The van der Waals surface area contributed by atoms with E-state index in [2.05, 4.69) is 10.6 Å². The fraction of sp³-hybridized carbons (Fsp3) is 0.417. The molecule has 2 amide bonds. The SMILES string of the molecule is Cc1ccc(C(=O)NCC(=O)Nc2ccc(C)c(S(=O)(=O)N3CCCCCC3)c2)cc1C. The molecule has 0 aliphatic carbocycles. The van der Waals surface area contributed by atoms with Gasteiger partial charge in [-0.1, -0.05) is 25.0 Å². The molecule has 0 atom stereocenters. The minimum absolute atomic E-state index is 0.205. The van der Waals surface area contributed by atoms with Crippen molar-refractivity contribution in [2.24, 2.45) is 0 Å². The molecule has 8 heteroatoms. The van der Waals surface area contributed by atoms with Crippen LogP contribution >= 0.6 is 0 Å². The Morgan fingerprint density at radius 3 is 2.19 bits per heavy atom. The molecule has 0 spiro atoms. The number of sulfonamides is 1. The van der Waals surface area contributed by atoms with Crippen molar-refractivity contribution < 1.29 is 18.0 Å². The fourth-order valence-electron chi connectivity index (χ4n) is 3.73. The first kappa shape index (κ1) is 23.9. The van der Waals surface area contributed by atoms with Gasteiger partial charge < -0.3 is 10.6 Å². The standard InChI is InChI=1S/C24H31N3O4S/c1-17-8-10-20(14-19(17)3)24(29)25-16-23(28)26-21-11-9-18(2)22(15-21)32(30,31)27-12-6-4-5-7-13-27/h8-11,14-15H,4-7,12-13,16H2,1-3H3,(H,25,29)(H,26,28). The number of benzene rings is 2. The predicted molar refractivity (Wildman–Crippen MR) is 125 cm³/mol. The molecular formula is C24H31N3O4S. The average molecular weight is 458 g/mol. The lowest BCUT2D eigenvalue weighted by Gasteiger charge is -2.21. The van der Waals surface area contributed by atoms with Gasteiger partial charge in [-0.2, -0.15) is 4.31 Å². The molecule has 2 aromatic rings. The topological polar surface area (TPSA) is 95.6 Å². The summed E-state index contributed by atoms with van der Waals surface area (Å²) >= 11 is 0. The number of anilines is 1. The quantitative estimate of drug-likeness (QED) is 0.694. The second-order valence-corrected chi connectivity index (χ2v) is 10.2. The van der Waals surface area contributed by atoms with Gasteiger partial charge in [-0.3, -0.25) is 9.59 Å². The lowest BCUT2D eigenvalue weighted by Crippen LogP contribution is -2.33. The van der Waals surface area contributed by atoms with Gasteiger partial charge in [-0.25, -0.2) is 8.42 Å². The van der Waals surface area contributed by atoms with Crippen LogP contribution < -0.4 is 10.6 Å². The number of aryl methyl sites for hydroxylation is 3. The molecule has 2 aromatic carbocycles. The Balaban J connectivity index is 1.66. The number of hydrogen-bond donors (Lipinski definition) is 2. The maximum absolute atomic E-state index is 13.2. The Labute approximate surface area is 190 Å². The molecule has 32 heavy (non-hydrogen) atoms. The summed E-state index contributed by atoms with van der Waals surface area (Å²) in [6.07, 6.45) is 3.79. The van der Waals surface area contributed by atoms with Crippen LogP contribution in [0.15, 0.2) is 41.3 Å². The zero-order valence-electron chi connectivity index (χ0n) is 18.9. The van der Waals surface area contributed by atoms with Gasteiger partial charge in [0.2, 0.25) is 15.9 Å². The number of amides is 2. The highest BCUT2D eigenvalue weighted by Gasteiger charge is 2.27. The van der Waals surface area contributed by atoms with Gasteiger partial charge in [0, 0.05) is 24.3 Å². The molecule has 1 saturated heterocycles. The molecule has 1 fully saturated rings. The number of nitrogens with zero attached hydrogens (tertiary/aromatic N) is 1. The highest BCUT2D eigenvalue weighted by atomic mass is 32.2. The summed E-state index contributed by atoms with van der Waals surface area (Å²) in [5, 5.41) is 5.29. The maximum atomic E-state index is 13.2. The van der Waals surface area contributed by atoms with E-state index in [1.165, 1.54) is 10.4 Å². The van der Waals surface area contributed by atoms with E-state index in [0.717, 1.165) is 36.8 Å². The first-order valence-corrected chi connectivity index (χ1v) is 12.4. The third-order valence-electron chi connectivity index (χ3n) is 5.83. The van der Waals surface area contributed by atoms with Crippen LogP contribution in [0.25, 0.3) is 0 Å². The van der Waals surface area contributed by atoms with Crippen molar-refractivity contribution in [3.05, 3.63) is 58.7 Å². The summed E-state index contributed by atoms with van der Waals surface area (Å²) in [5.41, 5.74) is 3.59. The van der Waals surface area contributed by atoms with Gasteiger partial charge in [0.15, 0.2) is 0 Å². The van der Waals surface area contributed by atoms with Crippen molar-refractivity contribution in [1.82, 2.24) is 9.62 Å². The summed E-state index contributed by atoms with van der Waals surface area (Å²) in [5.74, 6) is -0.763. The molecule has 0 bridgehead atoms. The highest BCUT2D eigenvalue weighted by molar-refractivity contribution is 7.89. The molecular weight excluding hydrogens is 426 g/mol. The smallest absolute Gasteiger partial charge is 0.251 e. The van der Waals surface area contributed by atoms with Crippen molar-refractivity contribution in [2.45, 2.75) is 51.3 Å². The number of hydrogen-bond acceptors (Lipinski definition) is 4. The van der Waals surface area contributed by atoms with Gasteiger partial charge in [0.25, 0.3) is 5.91 Å². The molecule has 1 aliphatic rings. The maximum Gasteiger partial charge on any atom is 0.251 e. The highest BCUT2D eigenvalue weighted by Crippen LogP contribution is 2.25. The van der Waals surface area contributed by atoms with E-state index in [1.807, 2.05) is 19.9 Å². The monoisotopic (exact) mass is 457 g/mol. The van der Waals surface area contributed by atoms with Crippen LogP contribution in [0.2, 0.25) is 0 Å². The number of rotatable bonds is 6. The first-order valence-electron chi connectivity index (χ1n) is 10.9. The Hall–Kier alpha value is -2.71. The van der Waals surface area contributed by atoms with Crippen LogP contribution in [-0.4, -0.2) is 44.2 Å². The van der Waals surface area contributed by atoms with Crippen molar-refractivity contribution in [2.75, 3.05) is 25.0 Å². The lowest BCUT2D eigenvalue weighted by molar-refractivity contribution is -0.115. The van der Waals surface area contributed by atoms with Crippen LogP contribution in [0.1, 0.15) is 52.7 Å². The van der Waals surface area contributed by atoms with E-state index in [1.54, 1.807) is 31.2 Å². The first-order chi connectivity index (χ1) is 15.2. The van der Waals surface area contributed by atoms with Gasteiger partial charge in [-0.15, -0.1) is 0 Å². The summed E-state index contributed by atoms with van der Waals surface area (Å²) in [6.45, 7) is 6.46. The minimum atomic E-state index is -3.63. The number of nitrogens with one attached hydrogen (secondary N) is 2. The van der Waals surface area contributed by atoms with E-state index in [0.29, 0.717) is 29.9 Å². The van der Waals surface area contributed by atoms with E-state index in [4.69, 9.17) is 0 Å². The molecule has 0 saturated carbocycles. The van der Waals surface area contributed by atoms with Crippen molar-refractivity contribution in [3.8, 4) is 0 Å². The van der Waals surface area contributed by atoms with Crippen LogP contribution in [0.4, 0.5) is 5.69 Å². The zero-order valence-corrected chi connectivity index (χ0v) is 19.7. The minimum Gasteiger partial charge on any atom is -0.343 e. The van der Waals surface area contributed by atoms with Gasteiger partial charge in [0.1, 0.15) is 0 Å². The molecule has 1 heterocycles. The molecule has 2 N–H and O–H groups in total. The van der Waals surface area contributed by atoms with Crippen molar-refractivity contribution in [3.63, 3.8) is 0 Å². The zero-order chi connectivity index (χ0) is 23.3. The second-order valence-electron chi connectivity index (χ2n) is 8.33. The predicted octanol–water partition coefficient (Wildman–Crippen LogP) is 3.55. The van der Waals surface area contributed by atoms with E-state index in [-0.39, 0.29) is 17.3 Å². The number of carbonyl (C=O) groups excluding carboxylic acids is 2. The van der Waals surface area contributed by atoms with E-state index < -0.39 is 15.9 Å². The Morgan fingerprint density at radius 1 is 0.875 bits per heavy atom. The summed E-state index contributed by atoms with van der Waals surface area (Å²) < 4.78 is 27.9. The Morgan fingerprint density at radius 2 is 1.53 bits per heavy atom. The largest absolute Gasteiger partial charge is 0.343 e. The van der Waals surface area contributed by atoms with Crippen LogP contribution in [0.5, 0.6) is 0 Å². The molecule has 0 radical (unpaired) electrons. The van der Waals surface area contributed by atoms with Crippen LogP contribution in [0, 0.1) is 20.8 Å². The summed E-state index contributed by atoms with van der Waals surface area (Å²) in [4.78, 5) is 24.9. The number of carbonyl (C=O) groups is 2. The Bertz CT molecular complexity index is 1100. The molecule has 1 aliphatic heterocycles. The Kier molecular flexibility index (Phi) is 7.69. The molecule has 172 valence electrons. The molecule has 7 nitrogen and oxygen atoms in total. The third-order valence-corrected chi connectivity index (χ3v) is 7.87. The van der Waals surface area contributed by atoms with E-state index >= 15 is 0 Å². The second kappa shape index (κ2) is 10.3. The third kappa shape index (κ3) is 5.75. The van der Waals surface area contributed by atoms with Crippen LogP contribution in [0.3, 0.4) is 0 Å². The summed E-state index contributed by atoms with van der Waals surface area (Å²) in [7, 11) is -3.63. The van der Waals surface area contributed by atoms with Crippen LogP contribution in [-0.2, 0) is 14.8 Å². The lowest BCUT2D eigenvalue weighted by atomic mass is 10.1. The van der Waals surface area contributed by atoms with Gasteiger partial charge in [0.05, 0.1) is 11.4 Å². The molecule has 3 rings (SSSR count). The van der Waals surface area contributed by atoms with Gasteiger partial charge >= 0.3 is 0 Å². The van der Waals surface area contributed by atoms with Crippen molar-refractivity contribution >= 4 is 27.5 Å². The summed E-state index contributed by atoms with van der Waals surface area (Å²) in [6, 6.07) is 10.2. The normalized spacial score (nSPS) is 15.1. The van der Waals surface area contributed by atoms with Gasteiger partial charge in [-0.05, 0) is 74.6 Å². The fourth-order valence-corrected chi connectivity index (χ4v) is 5.50. The molecule has 0 unspecified atom stereocenters. The average Bonchev–Trinajstić information content (AvgIpc) is 3.05. The van der Waals surface area contributed by atoms with Crippen molar-refractivity contribution in [1.29, 1.82) is 0 Å².